The molecule has 5 rings (SSSR count). The van der Waals surface area contributed by atoms with E-state index in [1.807, 2.05) is 57.2 Å². The molecule has 0 radical (unpaired) electrons. The number of carbonyl (C=O) groups excluding carboxylic acids is 2. The first-order chi connectivity index (χ1) is 21.0. The third kappa shape index (κ3) is 5.22. The van der Waals surface area contributed by atoms with Crippen molar-refractivity contribution >= 4 is 18.0 Å². The molecule has 0 aliphatic heterocycles. The SMILES string of the molecule is C/C(=C\C(=O)OC(C)[C@]1(O)CC[C@@]2(O)[C@]1(C)[C@H](OC(=O)/C=C/c1ccccc1)CC1[C@@]3(C)CC[C@H](O)CC3=CC[C@]12O)C(C)C. The molecule has 1 aromatic carbocycles. The van der Waals surface area contributed by atoms with Crippen LogP contribution in [-0.2, 0) is 19.1 Å². The molecule has 0 aromatic heterocycles. The number of hydrogen-bond acceptors (Lipinski definition) is 8. The largest absolute Gasteiger partial charge is 0.458 e. The van der Waals surface area contributed by atoms with Crippen LogP contribution in [-0.4, -0.2) is 67.5 Å². The van der Waals surface area contributed by atoms with Gasteiger partial charge in [-0.1, -0.05) is 75.2 Å². The Hall–Kier alpha value is -2.78. The highest BCUT2D eigenvalue weighted by molar-refractivity contribution is 5.87. The minimum absolute atomic E-state index is 0.0194. The second-order valence-corrected chi connectivity index (χ2v) is 14.7. The van der Waals surface area contributed by atoms with Gasteiger partial charge in [0.2, 0.25) is 0 Å². The first-order valence-electron chi connectivity index (χ1n) is 16.4. The maximum absolute atomic E-state index is 13.4. The molecule has 3 saturated carbocycles. The van der Waals surface area contributed by atoms with E-state index in [9.17, 15) is 30.0 Å². The van der Waals surface area contributed by atoms with Gasteiger partial charge < -0.3 is 29.9 Å². The lowest BCUT2D eigenvalue weighted by molar-refractivity contribution is -0.326. The molecular formula is C37H50O8. The molecule has 4 aliphatic carbocycles. The van der Waals surface area contributed by atoms with Crippen LogP contribution in [0.4, 0.5) is 0 Å². The Bertz CT molecular complexity index is 1400. The van der Waals surface area contributed by atoms with Crippen molar-refractivity contribution in [3.8, 4) is 0 Å². The molecule has 246 valence electrons. The molecule has 0 spiro atoms. The number of hydrogen-bond donors (Lipinski definition) is 4. The zero-order valence-electron chi connectivity index (χ0n) is 27.5. The predicted octanol–water partition coefficient (Wildman–Crippen LogP) is 5.04. The van der Waals surface area contributed by atoms with E-state index >= 15 is 0 Å². The van der Waals surface area contributed by atoms with Crippen molar-refractivity contribution in [1.82, 2.24) is 0 Å². The highest BCUT2D eigenvalue weighted by Crippen LogP contribution is 2.71. The van der Waals surface area contributed by atoms with Gasteiger partial charge in [-0.15, -0.1) is 0 Å². The molecule has 8 heteroatoms. The van der Waals surface area contributed by atoms with Crippen molar-refractivity contribution in [2.24, 2.45) is 22.7 Å². The number of carbonyl (C=O) groups is 2. The van der Waals surface area contributed by atoms with Crippen molar-refractivity contribution in [1.29, 1.82) is 0 Å². The van der Waals surface area contributed by atoms with Crippen molar-refractivity contribution in [2.45, 2.75) is 122 Å². The van der Waals surface area contributed by atoms with Crippen LogP contribution in [0.1, 0.15) is 92.1 Å². The van der Waals surface area contributed by atoms with Crippen molar-refractivity contribution in [2.75, 3.05) is 0 Å². The number of fused-ring (bicyclic) bond motifs is 5. The second-order valence-electron chi connectivity index (χ2n) is 14.7. The summed E-state index contributed by atoms with van der Waals surface area (Å²) in [6, 6.07) is 9.33. The summed E-state index contributed by atoms with van der Waals surface area (Å²) in [5.74, 6) is -1.62. The van der Waals surface area contributed by atoms with Gasteiger partial charge in [0, 0.05) is 18.1 Å². The van der Waals surface area contributed by atoms with E-state index in [-0.39, 0.29) is 31.6 Å². The number of esters is 2. The van der Waals surface area contributed by atoms with E-state index in [0.29, 0.717) is 19.3 Å². The molecule has 1 aromatic rings. The van der Waals surface area contributed by atoms with Gasteiger partial charge in [-0.2, -0.15) is 0 Å². The fourth-order valence-corrected chi connectivity index (χ4v) is 9.06. The van der Waals surface area contributed by atoms with E-state index in [2.05, 4.69) is 6.92 Å². The summed E-state index contributed by atoms with van der Waals surface area (Å²) in [5, 5.41) is 48.6. The molecule has 2 unspecified atom stereocenters. The number of allylic oxidation sites excluding steroid dienone is 1. The fourth-order valence-electron chi connectivity index (χ4n) is 9.06. The Morgan fingerprint density at radius 1 is 1.00 bits per heavy atom. The van der Waals surface area contributed by atoms with Crippen molar-refractivity contribution in [3.63, 3.8) is 0 Å². The predicted molar refractivity (Wildman–Crippen MR) is 170 cm³/mol. The van der Waals surface area contributed by atoms with Gasteiger partial charge in [0.25, 0.3) is 0 Å². The summed E-state index contributed by atoms with van der Waals surface area (Å²) in [7, 11) is 0. The zero-order valence-corrected chi connectivity index (χ0v) is 27.5. The third-order valence-electron chi connectivity index (χ3n) is 12.3. The minimum Gasteiger partial charge on any atom is -0.458 e. The van der Waals surface area contributed by atoms with Crippen LogP contribution < -0.4 is 0 Å². The maximum atomic E-state index is 13.4. The number of rotatable bonds is 7. The maximum Gasteiger partial charge on any atom is 0.331 e. The molecular weight excluding hydrogens is 572 g/mol. The van der Waals surface area contributed by atoms with Crippen LogP contribution in [0.3, 0.4) is 0 Å². The van der Waals surface area contributed by atoms with E-state index < -0.39 is 63.8 Å². The van der Waals surface area contributed by atoms with Crippen molar-refractivity contribution in [3.05, 3.63) is 65.3 Å². The van der Waals surface area contributed by atoms with Gasteiger partial charge >= 0.3 is 11.9 Å². The van der Waals surface area contributed by atoms with E-state index in [1.54, 1.807) is 19.9 Å². The Kier molecular flexibility index (Phi) is 8.79. The summed E-state index contributed by atoms with van der Waals surface area (Å²) in [4.78, 5) is 26.4. The lowest BCUT2D eigenvalue weighted by atomic mass is 9.42. The number of benzene rings is 1. The van der Waals surface area contributed by atoms with Gasteiger partial charge in [-0.25, -0.2) is 9.59 Å². The average Bonchev–Trinajstić information content (AvgIpc) is 3.22. The van der Waals surface area contributed by atoms with Gasteiger partial charge in [-0.05, 0) is 81.8 Å². The summed E-state index contributed by atoms with van der Waals surface area (Å²) in [6.07, 6.45) is 5.78. The van der Waals surface area contributed by atoms with Crippen LogP contribution in [0.25, 0.3) is 6.08 Å². The normalized spacial score (nSPS) is 40.3. The highest BCUT2D eigenvalue weighted by Gasteiger charge is 2.81. The molecule has 4 aliphatic rings. The van der Waals surface area contributed by atoms with Gasteiger partial charge in [0.1, 0.15) is 29.0 Å². The highest BCUT2D eigenvalue weighted by atomic mass is 16.6. The fraction of sp³-hybridized carbons (Fsp3) is 0.622. The number of aliphatic hydroxyl groups is 4. The monoisotopic (exact) mass is 622 g/mol. The third-order valence-corrected chi connectivity index (χ3v) is 12.3. The number of aliphatic hydroxyl groups excluding tert-OH is 1. The van der Waals surface area contributed by atoms with Gasteiger partial charge in [0.05, 0.1) is 11.5 Å². The Labute approximate surface area is 266 Å². The molecule has 45 heavy (non-hydrogen) atoms. The van der Waals surface area contributed by atoms with Crippen LogP contribution >= 0.6 is 0 Å². The molecule has 0 amide bonds. The van der Waals surface area contributed by atoms with Crippen molar-refractivity contribution < 1.29 is 39.5 Å². The summed E-state index contributed by atoms with van der Waals surface area (Å²) < 4.78 is 12.0. The molecule has 0 bridgehead atoms. The quantitative estimate of drug-likeness (QED) is 0.189. The smallest absolute Gasteiger partial charge is 0.331 e. The van der Waals surface area contributed by atoms with Gasteiger partial charge in [-0.3, -0.25) is 0 Å². The number of ether oxygens (including phenoxy) is 2. The average molecular weight is 623 g/mol. The lowest BCUT2D eigenvalue weighted by Gasteiger charge is -2.67. The standard InChI is InChI=1S/C37H50O8/c1-23(2)24(3)20-32(40)44-25(4)35(41)18-19-37(43)34(35,6)30(45-31(39)13-12-26-10-8-7-9-11-26)22-29-33(5)16-15-28(38)21-27(33)14-17-36(29,37)42/h7-14,20,23,25,28-30,38,41-43H,15-19,21-22H2,1-6H3/b13-12+,24-20+/t25?,28-,29?,30+,33-,34+,35+,36-,37+/m0/s1. The topological polar surface area (TPSA) is 134 Å². The molecule has 8 nitrogen and oxygen atoms in total. The minimum atomic E-state index is -1.89. The second kappa shape index (κ2) is 11.8. The van der Waals surface area contributed by atoms with Crippen LogP contribution in [0, 0.1) is 22.7 Å². The lowest BCUT2D eigenvalue weighted by Crippen LogP contribution is -2.78. The molecule has 4 N–H and O–H groups in total. The first-order valence-corrected chi connectivity index (χ1v) is 16.4. The van der Waals surface area contributed by atoms with Crippen LogP contribution in [0.5, 0.6) is 0 Å². The Balaban J connectivity index is 1.56. The van der Waals surface area contributed by atoms with E-state index in [1.165, 1.54) is 12.2 Å². The van der Waals surface area contributed by atoms with E-state index in [0.717, 1.165) is 16.7 Å². The summed E-state index contributed by atoms with van der Waals surface area (Å²) in [6.45, 7) is 11.1. The van der Waals surface area contributed by atoms with E-state index in [4.69, 9.17) is 9.47 Å². The molecule has 0 saturated heterocycles. The van der Waals surface area contributed by atoms with Crippen LogP contribution in [0.15, 0.2) is 59.7 Å². The molecule has 0 heterocycles. The molecule has 9 atom stereocenters. The first kappa shape index (κ1) is 33.6. The summed E-state index contributed by atoms with van der Waals surface area (Å²) in [5.41, 5.74) is -4.85. The van der Waals surface area contributed by atoms with Gasteiger partial charge in [0.15, 0.2) is 0 Å². The molecule has 3 fully saturated rings. The van der Waals surface area contributed by atoms with Crippen LogP contribution in [0.2, 0.25) is 0 Å². The zero-order chi connectivity index (χ0) is 33.0. The Morgan fingerprint density at radius 3 is 2.36 bits per heavy atom. The summed E-state index contributed by atoms with van der Waals surface area (Å²) >= 11 is 0. The Morgan fingerprint density at radius 2 is 1.69 bits per heavy atom.